The Hall–Kier alpha value is -0.590. The zero-order chi connectivity index (χ0) is 14.8. The maximum Gasteiger partial charge on any atom is 0.261 e. The third kappa shape index (κ3) is 4.47. The molecule has 0 radical (unpaired) electrons. The smallest absolute Gasteiger partial charge is 0.261 e. The molecule has 0 aliphatic rings. The van der Waals surface area contributed by atoms with Crippen molar-refractivity contribution >= 4 is 41.6 Å². The monoisotopic (exact) mass is 367 g/mol. The number of carbonyl (C=O) groups is 1. The summed E-state index contributed by atoms with van der Waals surface area (Å²) in [5.74, 6) is -0.0575. The molecule has 1 aromatic rings. The molecule has 1 amide bonds. The quantitative estimate of drug-likeness (QED) is 0.830. The van der Waals surface area contributed by atoms with Gasteiger partial charge in [-0.1, -0.05) is 13.8 Å². The fourth-order valence-corrected chi connectivity index (χ4v) is 2.49. The van der Waals surface area contributed by atoms with Gasteiger partial charge in [-0.05, 0) is 47.0 Å². The number of nitrogens with one attached hydrogen (secondary N) is 1. The van der Waals surface area contributed by atoms with E-state index in [4.69, 9.17) is 10.7 Å². The highest BCUT2D eigenvalue weighted by Crippen LogP contribution is 2.23. The van der Waals surface area contributed by atoms with E-state index in [1.807, 2.05) is 20.8 Å². The van der Waals surface area contributed by atoms with Crippen molar-refractivity contribution in [2.75, 3.05) is 0 Å². The Bertz CT molecular complexity index is 587. The Balaban J connectivity index is 3.10. The predicted octanol–water partition coefficient (Wildman–Crippen LogP) is 3.15. The van der Waals surface area contributed by atoms with Crippen LogP contribution in [-0.4, -0.2) is 20.4 Å². The molecule has 1 atom stereocenters. The number of rotatable bonds is 4. The van der Waals surface area contributed by atoms with Gasteiger partial charge in [-0.2, -0.15) is 0 Å². The lowest BCUT2D eigenvalue weighted by Gasteiger charge is -2.18. The Morgan fingerprint density at radius 2 is 1.89 bits per heavy atom. The van der Waals surface area contributed by atoms with Crippen molar-refractivity contribution in [3.8, 4) is 0 Å². The topological polar surface area (TPSA) is 63.2 Å². The van der Waals surface area contributed by atoms with Crippen LogP contribution < -0.4 is 5.32 Å². The van der Waals surface area contributed by atoms with E-state index in [0.29, 0.717) is 4.47 Å². The molecule has 0 saturated carbocycles. The Labute approximate surface area is 126 Å². The number of amides is 1. The standard InChI is InChI=1S/C12H15BrClNO3S/c1-7(2)8(3)15-12(16)10-6-9(19(14,17)18)4-5-11(10)13/h4-8H,1-3H3,(H,15,16). The molecule has 0 heterocycles. The first-order chi connectivity index (χ1) is 8.62. The van der Waals surface area contributed by atoms with Gasteiger partial charge in [0.1, 0.15) is 0 Å². The fraction of sp³-hybridized carbons (Fsp3) is 0.417. The van der Waals surface area contributed by atoms with Crippen molar-refractivity contribution in [1.29, 1.82) is 0 Å². The lowest BCUT2D eigenvalue weighted by atomic mass is 10.1. The normalized spacial score (nSPS) is 13.4. The summed E-state index contributed by atoms with van der Waals surface area (Å²) < 4.78 is 23.1. The first-order valence-electron chi connectivity index (χ1n) is 5.68. The van der Waals surface area contributed by atoms with Crippen LogP contribution in [0.15, 0.2) is 27.6 Å². The summed E-state index contributed by atoms with van der Waals surface area (Å²) in [6, 6.07) is 4.07. The van der Waals surface area contributed by atoms with Crippen LogP contribution in [0.2, 0.25) is 0 Å². The van der Waals surface area contributed by atoms with Crippen LogP contribution in [0.25, 0.3) is 0 Å². The zero-order valence-electron chi connectivity index (χ0n) is 10.8. The summed E-state index contributed by atoms with van der Waals surface area (Å²) in [6.07, 6.45) is 0. The minimum absolute atomic E-state index is 0.0179. The minimum atomic E-state index is -3.85. The van der Waals surface area contributed by atoms with E-state index in [-0.39, 0.29) is 28.3 Å². The second-order valence-corrected chi connectivity index (χ2v) is 8.01. The van der Waals surface area contributed by atoms with E-state index < -0.39 is 9.05 Å². The maximum absolute atomic E-state index is 12.1. The maximum atomic E-state index is 12.1. The molecule has 1 rings (SSSR count). The average molecular weight is 369 g/mol. The molecule has 4 nitrogen and oxygen atoms in total. The Morgan fingerprint density at radius 3 is 2.37 bits per heavy atom. The van der Waals surface area contributed by atoms with Crippen LogP contribution >= 0.6 is 26.6 Å². The van der Waals surface area contributed by atoms with E-state index in [1.54, 1.807) is 0 Å². The number of carbonyl (C=O) groups excluding carboxylic acids is 1. The van der Waals surface area contributed by atoms with Crippen molar-refractivity contribution in [2.24, 2.45) is 5.92 Å². The van der Waals surface area contributed by atoms with Gasteiger partial charge in [0.25, 0.3) is 15.0 Å². The van der Waals surface area contributed by atoms with Crippen LogP contribution in [0.1, 0.15) is 31.1 Å². The van der Waals surface area contributed by atoms with E-state index in [9.17, 15) is 13.2 Å². The molecule has 0 spiro atoms. The van der Waals surface area contributed by atoms with Crippen molar-refractivity contribution in [3.05, 3.63) is 28.2 Å². The molecule has 0 aromatic heterocycles. The number of halogens is 2. The largest absolute Gasteiger partial charge is 0.349 e. The fourth-order valence-electron chi connectivity index (χ4n) is 1.28. The van der Waals surface area contributed by atoms with E-state index in [2.05, 4.69) is 21.2 Å². The molecule has 1 unspecified atom stereocenters. The van der Waals surface area contributed by atoms with Crippen LogP contribution in [0.5, 0.6) is 0 Å². The van der Waals surface area contributed by atoms with Crippen LogP contribution in [0.4, 0.5) is 0 Å². The lowest BCUT2D eigenvalue weighted by molar-refractivity contribution is 0.0929. The average Bonchev–Trinajstić information content (AvgIpc) is 2.27. The molecule has 0 bridgehead atoms. The molecule has 1 N–H and O–H groups in total. The summed E-state index contributed by atoms with van der Waals surface area (Å²) >= 11 is 3.23. The summed E-state index contributed by atoms with van der Waals surface area (Å²) in [5, 5.41) is 2.81. The van der Waals surface area contributed by atoms with Gasteiger partial charge in [0, 0.05) is 21.2 Å². The van der Waals surface area contributed by atoms with Crippen LogP contribution in [0.3, 0.4) is 0 Å². The molecule has 19 heavy (non-hydrogen) atoms. The third-order valence-corrected chi connectivity index (χ3v) is 4.87. The molecule has 7 heteroatoms. The third-order valence-electron chi connectivity index (χ3n) is 2.82. The van der Waals surface area contributed by atoms with Gasteiger partial charge < -0.3 is 5.32 Å². The summed E-state index contributed by atoms with van der Waals surface area (Å²) in [7, 11) is 1.42. The van der Waals surface area contributed by atoms with Gasteiger partial charge in [-0.3, -0.25) is 4.79 Å². The number of hydrogen-bond acceptors (Lipinski definition) is 3. The summed E-state index contributed by atoms with van der Waals surface area (Å²) in [4.78, 5) is 12.0. The highest BCUT2D eigenvalue weighted by Gasteiger charge is 2.18. The predicted molar refractivity (Wildman–Crippen MR) is 78.9 cm³/mol. The van der Waals surface area contributed by atoms with E-state index in [0.717, 1.165) is 0 Å². The first kappa shape index (κ1) is 16.5. The van der Waals surface area contributed by atoms with Gasteiger partial charge in [0.15, 0.2) is 0 Å². The second kappa shape index (κ2) is 6.24. The van der Waals surface area contributed by atoms with Gasteiger partial charge in [-0.15, -0.1) is 0 Å². The van der Waals surface area contributed by atoms with Gasteiger partial charge >= 0.3 is 0 Å². The summed E-state index contributed by atoms with van der Waals surface area (Å²) in [5.41, 5.74) is 0.245. The molecule has 0 fully saturated rings. The van der Waals surface area contributed by atoms with Gasteiger partial charge in [0.05, 0.1) is 10.5 Å². The summed E-state index contributed by atoms with van der Waals surface area (Å²) in [6.45, 7) is 5.86. The first-order valence-corrected chi connectivity index (χ1v) is 8.78. The van der Waals surface area contributed by atoms with Gasteiger partial charge in [-0.25, -0.2) is 8.42 Å². The molecule has 0 saturated heterocycles. The minimum Gasteiger partial charge on any atom is -0.349 e. The van der Waals surface area contributed by atoms with Crippen molar-refractivity contribution in [2.45, 2.75) is 31.7 Å². The van der Waals surface area contributed by atoms with Crippen molar-refractivity contribution in [1.82, 2.24) is 5.32 Å². The van der Waals surface area contributed by atoms with Gasteiger partial charge in [0.2, 0.25) is 0 Å². The Morgan fingerprint density at radius 1 is 1.32 bits per heavy atom. The highest BCUT2D eigenvalue weighted by molar-refractivity contribution is 9.10. The molecule has 0 aliphatic carbocycles. The molecule has 106 valence electrons. The highest BCUT2D eigenvalue weighted by atomic mass is 79.9. The van der Waals surface area contributed by atoms with E-state index in [1.165, 1.54) is 18.2 Å². The SMILES string of the molecule is CC(C)C(C)NC(=O)c1cc(S(=O)(=O)Cl)ccc1Br. The van der Waals surface area contributed by atoms with Crippen molar-refractivity contribution < 1.29 is 13.2 Å². The number of hydrogen-bond donors (Lipinski definition) is 1. The molecular weight excluding hydrogens is 354 g/mol. The zero-order valence-corrected chi connectivity index (χ0v) is 13.9. The van der Waals surface area contributed by atoms with Crippen LogP contribution in [-0.2, 0) is 9.05 Å². The molecule has 0 aliphatic heterocycles. The van der Waals surface area contributed by atoms with E-state index >= 15 is 0 Å². The Kier molecular flexibility index (Phi) is 5.41. The second-order valence-electron chi connectivity index (χ2n) is 4.59. The number of benzene rings is 1. The lowest BCUT2D eigenvalue weighted by Crippen LogP contribution is -2.36. The van der Waals surface area contributed by atoms with Crippen molar-refractivity contribution in [3.63, 3.8) is 0 Å². The molecule has 1 aromatic carbocycles. The molecular formula is C12H15BrClNO3S. The van der Waals surface area contributed by atoms with Crippen LogP contribution in [0, 0.1) is 5.92 Å².